The van der Waals surface area contributed by atoms with Gasteiger partial charge in [-0.1, -0.05) is 6.07 Å². The smallest absolute Gasteiger partial charge is 0.170 e. The molecule has 0 radical (unpaired) electrons. The first-order chi connectivity index (χ1) is 8.17. The summed E-state index contributed by atoms with van der Waals surface area (Å²) in [7, 11) is 0. The SMILES string of the molecule is N#CC(O)C(O)c1ccc2[nH]cc(C=O)c2c1. The van der Waals surface area contributed by atoms with Crippen LogP contribution in [-0.2, 0) is 0 Å². The number of nitrogens with one attached hydrogen (secondary N) is 1. The van der Waals surface area contributed by atoms with Crippen molar-refractivity contribution >= 4 is 17.2 Å². The first kappa shape index (κ1) is 11.3. The maximum Gasteiger partial charge on any atom is 0.170 e. The molecule has 0 spiro atoms. The van der Waals surface area contributed by atoms with E-state index in [1.807, 2.05) is 0 Å². The molecule has 0 aliphatic carbocycles. The number of rotatable bonds is 3. The summed E-state index contributed by atoms with van der Waals surface area (Å²) in [6.07, 6.45) is -0.491. The fourth-order valence-electron chi connectivity index (χ4n) is 1.69. The highest BCUT2D eigenvalue weighted by molar-refractivity contribution is 5.97. The van der Waals surface area contributed by atoms with E-state index in [9.17, 15) is 15.0 Å². The van der Waals surface area contributed by atoms with Gasteiger partial charge < -0.3 is 15.2 Å². The molecule has 0 saturated heterocycles. The van der Waals surface area contributed by atoms with Crippen LogP contribution >= 0.6 is 0 Å². The molecule has 86 valence electrons. The Morgan fingerprint density at radius 1 is 1.41 bits per heavy atom. The molecule has 2 atom stereocenters. The molecule has 0 aliphatic rings. The van der Waals surface area contributed by atoms with Gasteiger partial charge in [0.15, 0.2) is 12.4 Å². The van der Waals surface area contributed by atoms with Crippen molar-refractivity contribution in [3.05, 3.63) is 35.5 Å². The lowest BCUT2D eigenvalue weighted by molar-refractivity contribution is 0.0529. The number of nitrogens with zero attached hydrogens (tertiary/aromatic N) is 1. The summed E-state index contributed by atoms with van der Waals surface area (Å²) in [5.74, 6) is 0. The molecule has 0 saturated carbocycles. The number of aromatic amines is 1. The van der Waals surface area contributed by atoms with Gasteiger partial charge >= 0.3 is 0 Å². The summed E-state index contributed by atoms with van der Waals surface area (Å²) >= 11 is 0. The van der Waals surface area contributed by atoms with Crippen molar-refractivity contribution in [3.8, 4) is 6.07 Å². The number of hydrogen-bond acceptors (Lipinski definition) is 4. The second kappa shape index (κ2) is 4.37. The zero-order valence-corrected chi connectivity index (χ0v) is 8.79. The number of H-pyrrole nitrogens is 1. The molecule has 0 amide bonds. The zero-order valence-electron chi connectivity index (χ0n) is 8.79. The predicted octanol–water partition coefficient (Wildman–Crippen LogP) is 0.898. The topological polar surface area (TPSA) is 97.1 Å². The van der Waals surface area contributed by atoms with Gasteiger partial charge in [-0.25, -0.2) is 0 Å². The van der Waals surface area contributed by atoms with Crippen LogP contribution in [0.4, 0.5) is 0 Å². The molecule has 1 aromatic heterocycles. The van der Waals surface area contributed by atoms with Crippen molar-refractivity contribution in [3.63, 3.8) is 0 Å². The van der Waals surface area contributed by atoms with Crippen LogP contribution in [0.5, 0.6) is 0 Å². The minimum atomic E-state index is -1.48. The van der Waals surface area contributed by atoms with Gasteiger partial charge in [0.05, 0.1) is 6.07 Å². The van der Waals surface area contributed by atoms with E-state index in [-0.39, 0.29) is 0 Å². The number of carbonyl (C=O) groups is 1. The van der Waals surface area contributed by atoms with Gasteiger partial charge in [0, 0.05) is 22.7 Å². The van der Waals surface area contributed by atoms with Crippen LogP contribution < -0.4 is 0 Å². The van der Waals surface area contributed by atoms with E-state index in [1.165, 1.54) is 0 Å². The third-order valence-corrected chi connectivity index (χ3v) is 2.64. The highest BCUT2D eigenvalue weighted by atomic mass is 16.3. The van der Waals surface area contributed by atoms with Crippen molar-refractivity contribution < 1.29 is 15.0 Å². The third kappa shape index (κ3) is 1.91. The number of aldehydes is 1. The van der Waals surface area contributed by atoms with Gasteiger partial charge in [0.2, 0.25) is 0 Å². The quantitative estimate of drug-likeness (QED) is 0.539. The van der Waals surface area contributed by atoms with Crippen LogP contribution in [0.25, 0.3) is 10.9 Å². The summed E-state index contributed by atoms with van der Waals surface area (Å²) in [6, 6.07) is 6.43. The third-order valence-electron chi connectivity index (χ3n) is 2.64. The Hall–Kier alpha value is -2.16. The van der Waals surface area contributed by atoms with Crippen LogP contribution in [-0.4, -0.2) is 27.6 Å². The zero-order chi connectivity index (χ0) is 12.4. The Balaban J connectivity index is 2.50. The number of aliphatic hydroxyl groups excluding tert-OH is 2. The van der Waals surface area contributed by atoms with E-state index in [1.54, 1.807) is 30.5 Å². The number of fused-ring (bicyclic) bond motifs is 1. The lowest BCUT2D eigenvalue weighted by Gasteiger charge is -2.11. The van der Waals surface area contributed by atoms with E-state index in [2.05, 4.69) is 4.98 Å². The Labute approximate surface area is 96.9 Å². The number of nitriles is 1. The van der Waals surface area contributed by atoms with Crippen molar-refractivity contribution in [1.29, 1.82) is 5.26 Å². The van der Waals surface area contributed by atoms with E-state index in [0.717, 1.165) is 5.52 Å². The standard InChI is InChI=1S/C12H10N2O3/c13-4-11(16)12(17)7-1-2-10-9(3-7)8(6-15)5-14-10/h1-3,5-6,11-12,14,16-17H. The minimum Gasteiger partial charge on any atom is -0.385 e. The highest BCUT2D eigenvalue weighted by Gasteiger charge is 2.18. The highest BCUT2D eigenvalue weighted by Crippen LogP contribution is 2.23. The second-order valence-corrected chi connectivity index (χ2v) is 3.69. The van der Waals surface area contributed by atoms with E-state index in [4.69, 9.17) is 5.26 Å². The molecule has 5 nitrogen and oxygen atoms in total. The lowest BCUT2D eigenvalue weighted by atomic mass is 10.0. The monoisotopic (exact) mass is 230 g/mol. The number of hydrogen-bond donors (Lipinski definition) is 3. The van der Waals surface area contributed by atoms with E-state index >= 15 is 0 Å². The molecule has 1 aromatic carbocycles. The summed E-state index contributed by atoms with van der Waals surface area (Å²) in [5.41, 5.74) is 1.63. The largest absolute Gasteiger partial charge is 0.385 e. The normalized spacial score (nSPS) is 14.2. The molecule has 0 bridgehead atoms. The molecule has 3 N–H and O–H groups in total. The van der Waals surface area contributed by atoms with Crippen molar-refractivity contribution in [1.82, 2.24) is 4.98 Å². The average Bonchev–Trinajstić information content (AvgIpc) is 2.78. The maximum absolute atomic E-state index is 10.8. The molecule has 2 aromatic rings. The predicted molar refractivity (Wildman–Crippen MR) is 60.3 cm³/mol. The lowest BCUT2D eigenvalue weighted by Crippen LogP contribution is -2.15. The molecular formula is C12H10N2O3. The molecule has 0 aliphatic heterocycles. The molecule has 17 heavy (non-hydrogen) atoms. The number of aromatic nitrogens is 1. The van der Waals surface area contributed by atoms with Gasteiger partial charge in [-0.2, -0.15) is 5.26 Å². The fourth-order valence-corrected chi connectivity index (χ4v) is 1.69. The van der Waals surface area contributed by atoms with Crippen LogP contribution in [0.2, 0.25) is 0 Å². The van der Waals surface area contributed by atoms with Gasteiger partial charge in [-0.15, -0.1) is 0 Å². The Kier molecular flexibility index (Phi) is 2.91. The summed E-state index contributed by atoms with van der Waals surface area (Å²) in [6.45, 7) is 0. The Morgan fingerprint density at radius 3 is 2.82 bits per heavy atom. The van der Waals surface area contributed by atoms with Crippen molar-refractivity contribution in [2.24, 2.45) is 0 Å². The molecular weight excluding hydrogens is 220 g/mol. The molecule has 0 fully saturated rings. The molecule has 1 heterocycles. The number of benzene rings is 1. The second-order valence-electron chi connectivity index (χ2n) is 3.69. The first-order valence-electron chi connectivity index (χ1n) is 4.99. The molecule has 5 heteroatoms. The molecule has 2 unspecified atom stereocenters. The summed E-state index contributed by atoms with van der Waals surface area (Å²) in [4.78, 5) is 13.7. The molecule has 2 rings (SSSR count). The van der Waals surface area contributed by atoms with Crippen LogP contribution in [0.3, 0.4) is 0 Å². The Morgan fingerprint density at radius 2 is 2.18 bits per heavy atom. The van der Waals surface area contributed by atoms with Gasteiger partial charge in [-0.05, 0) is 17.7 Å². The Bertz CT molecular complexity index is 597. The van der Waals surface area contributed by atoms with Crippen molar-refractivity contribution in [2.45, 2.75) is 12.2 Å². The first-order valence-corrected chi connectivity index (χ1v) is 4.99. The van der Waals surface area contributed by atoms with Crippen LogP contribution in [0, 0.1) is 11.3 Å². The number of aliphatic hydroxyl groups is 2. The van der Waals surface area contributed by atoms with E-state index < -0.39 is 12.2 Å². The van der Waals surface area contributed by atoms with Gasteiger partial charge in [-0.3, -0.25) is 4.79 Å². The summed E-state index contributed by atoms with van der Waals surface area (Å²) < 4.78 is 0. The fraction of sp³-hybridized carbons (Fsp3) is 0.167. The van der Waals surface area contributed by atoms with Crippen LogP contribution in [0.1, 0.15) is 22.0 Å². The summed E-state index contributed by atoms with van der Waals surface area (Å²) in [5, 5.41) is 28.1. The van der Waals surface area contributed by atoms with Gasteiger partial charge in [0.1, 0.15) is 6.10 Å². The van der Waals surface area contributed by atoms with Gasteiger partial charge in [0.25, 0.3) is 0 Å². The van der Waals surface area contributed by atoms with Crippen LogP contribution in [0.15, 0.2) is 24.4 Å². The number of carbonyl (C=O) groups excluding carboxylic acids is 1. The maximum atomic E-state index is 10.8. The average molecular weight is 230 g/mol. The van der Waals surface area contributed by atoms with E-state index in [0.29, 0.717) is 22.8 Å². The van der Waals surface area contributed by atoms with Crippen molar-refractivity contribution in [2.75, 3.05) is 0 Å². The minimum absolute atomic E-state index is 0.397.